The second-order valence-electron chi connectivity index (χ2n) is 5.74. The van der Waals surface area contributed by atoms with Crippen LogP contribution in [0.15, 0.2) is 46.9 Å². The number of halogens is 1. The van der Waals surface area contributed by atoms with Crippen LogP contribution in [-0.4, -0.2) is 13.1 Å². The Morgan fingerprint density at radius 3 is 2.52 bits per heavy atom. The van der Waals surface area contributed by atoms with Crippen molar-refractivity contribution in [3.05, 3.63) is 63.6 Å². The number of anilines is 1. The summed E-state index contributed by atoms with van der Waals surface area (Å²) in [5, 5.41) is 0. The summed E-state index contributed by atoms with van der Waals surface area (Å²) in [5.74, 6) is 0. The summed E-state index contributed by atoms with van der Waals surface area (Å²) in [5.41, 5.74) is 11.2. The maximum atomic E-state index is 5.99. The van der Waals surface area contributed by atoms with Crippen LogP contribution in [0.4, 0.5) is 5.69 Å². The minimum Gasteiger partial charge on any atom is -0.370 e. The monoisotopic (exact) mass is 346 g/mol. The highest BCUT2D eigenvalue weighted by molar-refractivity contribution is 9.10. The molecule has 1 atom stereocenters. The average molecular weight is 347 g/mol. The third kappa shape index (κ3) is 4.32. The molecule has 2 rings (SSSR count). The molecule has 0 spiro atoms. The van der Waals surface area contributed by atoms with E-state index in [-0.39, 0.29) is 6.04 Å². The molecule has 0 saturated carbocycles. The number of nitrogens with two attached hydrogens (primary N) is 1. The van der Waals surface area contributed by atoms with Crippen LogP contribution in [0.1, 0.15) is 23.6 Å². The first-order valence-corrected chi connectivity index (χ1v) is 8.06. The van der Waals surface area contributed by atoms with E-state index in [1.807, 2.05) is 6.92 Å². The highest BCUT2D eigenvalue weighted by atomic mass is 79.9. The van der Waals surface area contributed by atoms with Gasteiger partial charge in [-0.2, -0.15) is 0 Å². The quantitative estimate of drug-likeness (QED) is 0.875. The molecule has 0 heterocycles. The minimum absolute atomic E-state index is 0.157. The number of rotatable bonds is 5. The van der Waals surface area contributed by atoms with Crippen molar-refractivity contribution >= 4 is 21.6 Å². The van der Waals surface area contributed by atoms with Crippen molar-refractivity contribution in [3.8, 4) is 0 Å². The smallest absolute Gasteiger partial charge is 0.0428 e. The minimum atomic E-state index is 0.157. The van der Waals surface area contributed by atoms with Gasteiger partial charge in [-0.25, -0.2) is 0 Å². The second kappa shape index (κ2) is 7.10. The molecule has 2 aromatic rings. The second-order valence-corrected chi connectivity index (χ2v) is 6.65. The van der Waals surface area contributed by atoms with Crippen molar-refractivity contribution in [1.29, 1.82) is 0 Å². The largest absolute Gasteiger partial charge is 0.370 e. The SMILES string of the molecule is Cc1ccccc1CN(C)c1ccc(Br)cc1CC(C)N. The Bertz CT molecular complexity index is 608. The number of hydrogen-bond donors (Lipinski definition) is 1. The molecule has 2 aromatic carbocycles. The lowest BCUT2D eigenvalue weighted by Crippen LogP contribution is -2.22. The summed E-state index contributed by atoms with van der Waals surface area (Å²) < 4.78 is 1.10. The molecule has 0 bridgehead atoms. The first-order valence-electron chi connectivity index (χ1n) is 7.27. The zero-order valence-corrected chi connectivity index (χ0v) is 14.5. The van der Waals surface area contributed by atoms with Gasteiger partial charge in [0.15, 0.2) is 0 Å². The number of hydrogen-bond acceptors (Lipinski definition) is 2. The van der Waals surface area contributed by atoms with Gasteiger partial charge < -0.3 is 10.6 Å². The molecule has 0 saturated heterocycles. The fourth-order valence-electron chi connectivity index (χ4n) is 2.57. The van der Waals surface area contributed by atoms with Gasteiger partial charge in [0.2, 0.25) is 0 Å². The van der Waals surface area contributed by atoms with E-state index < -0.39 is 0 Å². The summed E-state index contributed by atoms with van der Waals surface area (Å²) in [7, 11) is 2.14. The van der Waals surface area contributed by atoms with Crippen molar-refractivity contribution < 1.29 is 0 Å². The van der Waals surface area contributed by atoms with Gasteiger partial charge >= 0.3 is 0 Å². The topological polar surface area (TPSA) is 29.3 Å². The van der Waals surface area contributed by atoms with E-state index >= 15 is 0 Å². The Morgan fingerprint density at radius 1 is 1.14 bits per heavy atom. The van der Waals surface area contributed by atoms with Gasteiger partial charge in [0.05, 0.1) is 0 Å². The predicted octanol–water partition coefficient (Wildman–Crippen LogP) is 4.28. The summed E-state index contributed by atoms with van der Waals surface area (Å²) in [4.78, 5) is 2.30. The van der Waals surface area contributed by atoms with Gasteiger partial charge in [0, 0.05) is 29.8 Å². The van der Waals surface area contributed by atoms with Crippen molar-refractivity contribution in [1.82, 2.24) is 0 Å². The van der Waals surface area contributed by atoms with Crippen molar-refractivity contribution in [2.45, 2.75) is 32.9 Å². The molecular formula is C18H23BrN2. The molecule has 2 nitrogen and oxygen atoms in total. The van der Waals surface area contributed by atoms with Gasteiger partial charge in [0.1, 0.15) is 0 Å². The fraction of sp³-hybridized carbons (Fsp3) is 0.333. The van der Waals surface area contributed by atoms with Crippen LogP contribution in [0.5, 0.6) is 0 Å². The molecule has 0 amide bonds. The molecule has 2 N–H and O–H groups in total. The van der Waals surface area contributed by atoms with Gasteiger partial charge in [0.25, 0.3) is 0 Å². The highest BCUT2D eigenvalue weighted by Crippen LogP contribution is 2.26. The lowest BCUT2D eigenvalue weighted by molar-refractivity contribution is 0.733. The zero-order valence-electron chi connectivity index (χ0n) is 12.9. The molecule has 0 radical (unpaired) electrons. The molecule has 21 heavy (non-hydrogen) atoms. The maximum absolute atomic E-state index is 5.99. The molecule has 0 aliphatic rings. The van der Waals surface area contributed by atoms with E-state index in [0.717, 1.165) is 17.4 Å². The first-order chi connectivity index (χ1) is 9.97. The van der Waals surface area contributed by atoms with Gasteiger partial charge in [-0.05, 0) is 55.2 Å². The third-order valence-corrected chi connectivity index (χ3v) is 4.16. The van der Waals surface area contributed by atoms with E-state index in [1.165, 1.54) is 22.4 Å². The van der Waals surface area contributed by atoms with Crippen molar-refractivity contribution in [2.24, 2.45) is 5.73 Å². The molecule has 0 aromatic heterocycles. The molecule has 112 valence electrons. The van der Waals surface area contributed by atoms with E-state index in [0.29, 0.717) is 0 Å². The normalized spacial score (nSPS) is 12.2. The van der Waals surface area contributed by atoms with Gasteiger partial charge in [-0.15, -0.1) is 0 Å². The Balaban J connectivity index is 2.26. The molecule has 0 aliphatic carbocycles. The van der Waals surface area contributed by atoms with Gasteiger partial charge in [-0.1, -0.05) is 40.2 Å². The molecule has 1 unspecified atom stereocenters. The van der Waals surface area contributed by atoms with E-state index in [1.54, 1.807) is 0 Å². The summed E-state index contributed by atoms with van der Waals surface area (Å²) >= 11 is 3.55. The number of nitrogens with zero attached hydrogens (tertiary/aromatic N) is 1. The van der Waals surface area contributed by atoms with E-state index in [9.17, 15) is 0 Å². The zero-order chi connectivity index (χ0) is 15.4. The average Bonchev–Trinajstić information content (AvgIpc) is 2.40. The lowest BCUT2D eigenvalue weighted by atomic mass is 10.0. The van der Waals surface area contributed by atoms with Gasteiger partial charge in [-0.3, -0.25) is 0 Å². The van der Waals surface area contributed by atoms with Crippen LogP contribution in [0.2, 0.25) is 0 Å². The van der Waals surface area contributed by atoms with Crippen LogP contribution >= 0.6 is 15.9 Å². The fourth-order valence-corrected chi connectivity index (χ4v) is 2.97. The summed E-state index contributed by atoms with van der Waals surface area (Å²) in [6.07, 6.45) is 0.882. The third-order valence-electron chi connectivity index (χ3n) is 3.66. The lowest BCUT2D eigenvalue weighted by Gasteiger charge is -2.24. The maximum Gasteiger partial charge on any atom is 0.0428 e. The molecule has 3 heteroatoms. The van der Waals surface area contributed by atoms with Crippen LogP contribution in [-0.2, 0) is 13.0 Å². The van der Waals surface area contributed by atoms with E-state index in [2.05, 4.69) is 77.3 Å². The first kappa shape index (κ1) is 16.1. The number of aryl methyl sites for hydroxylation is 1. The summed E-state index contributed by atoms with van der Waals surface area (Å²) in [6, 6.07) is 15.1. The Morgan fingerprint density at radius 2 is 1.86 bits per heavy atom. The standard InChI is InChI=1S/C18H23BrN2/c1-13-6-4-5-7-15(13)12-21(3)18-9-8-17(19)11-16(18)10-14(2)20/h4-9,11,14H,10,12,20H2,1-3H3. The predicted molar refractivity (Wildman–Crippen MR) is 94.8 cm³/mol. The van der Waals surface area contributed by atoms with Crippen LogP contribution < -0.4 is 10.6 Å². The van der Waals surface area contributed by atoms with Crippen LogP contribution in [0.25, 0.3) is 0 Å². The molecular weight excluding hydrogens is 324 g/mol. The summed E-state index contributed by atoms with van der Waals surface area (Å²) in [6.45, 7) is 5.11. The van der Waals surface area contributed by atoms with E-state index in [4.69, 9.17) is 5.73 Å². The molecule has 0 fully saturated rings. The molecule has 0 aliphatic heterocycles. The van der Waals surface area contributed by atoms with Crippen molar-refractivity contribution in [3.63, 3.8) is 0 Å². The number of benzene rings is 2. The van der Waals surface area contributed by atoms with Crippen molar-refractivity contribution in [2.75, 3.05) is 11.9 Å². The Hall–Kier alpha value is -1.32. The van der Waals surface area contributed by atoms with Crippen LogP contribution in [0.3, 0.4) is 0 Å². The Kier molecular flexibility index (Phi) is 5.43. The highest BCUT2D eigenvalue weighted by Gasteiger charge is 2.11. The van der Waals surface area contributed by atoms with Crippen LogP contribution in [0, 0.1) is 6.92 Å². The Labute approximate surface area is 136 Å².